The van der Waals surface area contributed by atoms with Crippen LogP contribution in [0.3, 0.4) is 0 Å². The summed E-state index contributed by atoms with van der Waals surface area (Å²) in [6.45, 7) is 4.18. The van der Waals surface area contributed by atoms with Gasteiger partial charge in [0, 0.05) is 43.5 Å². The Morgan fingerprint density at radius 1 is 1.18 bits per heavy atom. The van der Waals surface area contributed by atoms with Gasteiger partial charge in [-0.25, -0.2) is 4.39 Å². The molecule has 1 aliphatic carbocycles. The molecule has 0 spiro atoms. The van der Waals surface area contributed by atoms with E-state index < -0.39 is 28.3 Å². The van der Waals surface area contributed by atoms with Gasteiger partial charge in [0.05, 0.1) is 0 Å². The molecule has 2 heterocycles. The second kappa shape index (κ2) is 8.81. The van der Waals surface area contributed by atoms with Crippen LogP contribution in [0.25, 0.3) is 10.9 Å². The molecule has 2 aromatic carbocycles. The fourth-order valence-electron chi connectivity index (χ4n) is 6.14. The van der Waals surface area contributed by atoms with Gasteiger partial charge in [0.15, 0.2) is 0 Å². The molecule has 4 nitrogen and oxygen atoms in total. The third-order valence-corrected chi connectivity index (χ3v) is 7.70. The number of H-pyrrole nitrogens is 1. The number of fused-ring (bicyclic) bond motifs is 3. The number of aromatic amines is 1. The summed E-state index contributed by atoms with van der Waals surface area (Å²) < 4.78 is 63.3. The van der Waals surface area contributed by atoms with Gasteiger partial charge in [-0.3, -0.25) is 10.00 Å². The van der Waals surface area contributed by atoms with Crippen molar-refractivity contribution in [2.45, 2.75) is 44.5 Å². The van der Waals surface area contributed by atoms with Crippen LogP contribution in [0.2, 0.25) is 5.02 Å². The lowest BCUT2D eigenvalue weighted by Crippen LogP contribution is -2.59. The van der Waals surface area contributed by atoms with Crippen molar-refractivity contribution >= 4 is 22.5 Å². The maximum Gasteiger partial charge on any atom is 0.433 e. The predicted octanol–water partition coefficient (Wildman–Crippen LogP) is 6.54. The van der Waals surface area contributed by atoms with Gasteiger partial charge in [0.2, 0.25) is 0 Å². The molecule has 0 radical (unpaired) electrons. The first-order valence-corrected chi connectivity index (χ1v) is 12.0. The summed E-state index contributed by atoms with van der Waals surface area (Å²) in [5.74, 6) is -0.972. The van der Waals surface area contributed by atoms with Crippen LogP contribution < -0.4 is 0 Å². The summed E-state index contributed by atoms with van der Waals surface area (Å²) in [5, 5.41) is 5.26. The predicted molar refractivity (Wildman–Crippen MR) is 122 cm³/mol. The molecule has 2 atom stereocenters. The van der Waals surface area contributed by atoms with E-state index in [1.165, 1.54) is 5.56 Å². The number of nitrogens with zero attached hydrogens (tertiary/aromatic N) is 2. The second-order valence-corrected chi connectivity index (χ2v) is 9.65. The summed E-state index contributed by atoms with van der Waals surface area (Å²) >= 11 is 6.08. The van der Waals surface area contributed by atoms with Crippen molar-refractivity contribution < 1.29 is 22.3 Å². The van der Waals surface area contributed by atoms with E-state index in [0.29, 0.717) is 19.7 Å². The normalized spacial score (nSPS) is 25.7. The van der Waals surface area contributed by atoms with E-state index in [9.17, 15) is 17.6 Å². The third-order valence-electron chi connectivity index (χ3n) is 7.34. The highest BCUT2D eigenvalue weighted by atomic mass is 35.5. The number of benzene rings is 2. The molecule has 1 saturated carbocycles. The Labute approximate surface area is 200 Å². The third kappa shape index (κ3) is 3.80. The van der Waals surface area contributed by atoms with E-state index in [2.05, 4.69) is 27.2 Å². The van der Waals surface area contributed by atoms with Crippen molar-refractivity contribution in [1.29, 1.82) is 0 Å². The molecular weight excluding hydrogens is 470 g/mol. The average Bonchev–Trinajstić information content (AvgIpc) is 3.24. The Bertz CT molecular complexity index is 1170. The van der Waals surface area contributed by atoms with E-state index in [1.807, 2.05) is 25.1 Å². The minimum atomic E-state index is -4.69. The van der Waals surface area contributed by atoms with Crippen LogP contribution in [0.4, 0.5) is 17.6 Å². The number of nitrogens with one attached hydrogen (secondary N) is 1. The molecular formula is C25H26ClF4N3O. The zero-order valence-electron chi connectivity index (χ0n) is 18.8. The highest BCUT2D eigenvalue weighted by Crippen LogP contribution is 2.55. The number of piperidine rings is 1. The highest BCUT2D eigenvalue weighted by molar-refractivity contribution is 6.35. The van der Waals surface area contributed by atoms with Gasteiger partial charge >= 0.3 is 6.18 Å². The van der Waals surface area contributed by atoms with E-state index in [0.717, 1.165) is 31.9 Å². The number of hydrogen-bond donors (Lipinski definition) is 1. The molecule has 3 aromatic rings. The minimum absolute atomic E-state index is 0.0941. The molecule has 2 fully saturated rings. The van der Waals surface area contributed by atoms with Gasteiger partial charge in [0.25, 0.3) is 0 Å². The lowest BCUT2D eigenvalue weighted by atomic mass is 9.61. The molecule has 2 aliphatic rings. The maximum absolute atomic E-state index is 15.0. The highest BCUT2D eigenvalue weighted by Gasteiger charge is 2.55. The Morgan fingerprint density at radius 2 is 1.85 bits per heavy atom. The first-order chi connectivity index (χ1) is 16.3. The number of ether oxygens (including phenoxy) is 1. The minimum Gasteiger partial charge on any atom is -0.370 e. The molecule has 2 bridgehead atoms. The van der Waals surface area contributed by atoms with Crippen molar-refractivity contribution in [1.82, 2.24) is 15.1 Å². The van der Waals surface area contributed by atoms with Crippen LogP contribution in [-0.2, 0) is 23.1 Å². The summed E-state index contributed by atoms with van der Waals surface area (Å²) in [7, 11) is 0. The second-order valence-electron chi connectivity index (χ2n) is 9.27. The largest absolute Gasteiger partial charge is 0.433 e. The average molecular weight is 496 g/mol. The Hall–Kier alpha value is -2.16. The van der Waals surface area contributed by atoms with Gasteiger partial charge in [-0.1, -0.05) is 48.4 Å². The van der Waals surface area contributed by atoms with Crippen LogP contribution >= 0.6 is 11.6 Å². The van der Waals surface area contributed by atoms with Crippen LogP contribution in [0.1, 0.15) is 43.0 Å². The molecule has 182 valence electrons. The zero-order chi connectivity index (χ0) is 24.1. The molecule has 1 aromatic heterocycles. The van der Waals surface area contributed by atoms with Crippen molar-refractivity contribution in [3.05, 3.63) is 64.1 Å². The summed E-state index contributed by atoms with van der Waals surface area (Å²) in [5.41, 5.74) is -0.871. The lowest BCUT2D eigenvalue weighted by Gasteiger charge is -2.56. The summed E-state index contributed by atoms with van der Waals surface area (Å²) in [6, 6.07) is 11.3. The first-order valence-electron chi connectivity index (χ1n) is 11.6. The first kappa shape index (κ1) is 23.6. The quantitative estimate of drug-likeness (QED) is 0.409. The molecule has 1 saturated heterocycles. The number of aromatic nitrogens is 2. The standard InChI is InChI=1S/C25H26ClF4N3O/c1-2-34-24(18-11-19(27)21(26)22-20(18)23(32-31-22)25(28,29)30)16-9-6-10-17(24)14-33(13-16)12-15-7-4-3-5-8-15/h3-5,7-8,11,16-17H,2,6,9-10,12-14H2,1H3,(H,31,32). The smallest absolute Gasteiger partial charge is 0.370 e. The fourth-order valence-corrected chi connectivity index (χ4v) is 6.33. The van der Waals surface area contributed by atoms with E-state index in [4.69, 9.17) is 16.3 Å². The number of likely N-dealkylation sites (tertiary alicyclic amines) is 1. The Morgan fingerprint density at radius 3 is 2.47 bits per heavy atom. The summed E-state index contributed by atoms with van der Waals surface area (Å²) in [6.07, 6.45) is -2.17. The van der Waals surface area contributed by atoms with Gasteiger partial charge in [-0.2, -0.15) is 18.3 Å². The van der Waals surface area contributed by atoms with Crippen LogP contribution in [0.15, 0.2) is 36.4 Å². The molecule has 1 aliphatic heterocycles. The Kier molecular flexibility index (Phi) is 6.11. The Balaban J connectivity index is 1.65. The van der Waals surface area contributed by atoms with Crippen molar-refractivity contribution in [2.75, 3.05) is 19.7 Å². The molecule has 2 unspecified atom stereocenters. The van der Waals surface area contributed by atoms with E-state index in [1.54, 1.807) is 0 Å². The number of halogens is 5. The van der Waals surface area contributed by atoms with Crippen molar-refractivity contribution in [3.8, 4) is 0 Å². The van der Waals surface area contributed by atoms with Gasteiger partial charge in [-0.15, -0.1) is 0 Å². The fraction of sp³-hybridized carbons (Fsp3) is 0.480. The topological polar surface area (TPSA) is 41.1 Å². The van der Waals surface area contributed by atoms with E-state index >= 15 is 0 Å². The van der Waals surface area contributed by atoms with Crippen molar-refractivity contribution in [2.24, 2.45) is 11.8 Å². The van der Waals surface area contributed by atoms with Gasteiger partial charge < -0.3 is 4.74 Å². The van der Waals surface area contributed by atoms with Crippen LogP contribution in [0.5, 0.6) is 0 Å². The lowest BCUT2D eigenvalue weighted by molar-refractivity contribution is -0.184. The molecule has 34 heavy (non-hydrogen) atoms. The summed E-state index contributed by atoms with van der Waals surface area (Å²) in [4.78, 5) is 2.34. The molecule has 0 amide bonds. The SMILES string of the molecule is CCOC1(c2cc(F)c(Cl)c3n[nH]c(C(F)(F)F)c23)C2CCCC1CN(Cc1ccccc1)C2. The molecule has 1 N–H and O–H groups in total. The van der Waals surface area contributed by atoms with Crippen LogP contribution in [-0.4, -0.2) is 34.8 Å². The van der Waals surface area contributed by atoms with Gasteiger partial charge in [-0.05, 0) is 37.0 Å². The van der Waals surface area contributed by atoms with E-state index in [-0.39, 0.29) is 28.3 Å². The van der Waals surface area contributed by atoms with Crippen molar-refractivity contribution in [3.63, 3.8) is 0 Å². The number of hydrogen-bond acceptors (Lipinski definition) is 3. The zero-order valence-corrected chi connectivity index (χ0v) is 19.5. The van der Waals surface area contributed by atoms with Gasteiger partial charge in [0.1, 0.15) is 27.7 Å². The number of rotatable bonds is 5. The maximum atomic E-state index is 15.0. The van der Waals surface area contributed by atoms with Crippen LogP contribution in [0, 0.1) is 17.7 Å². The monoisotopic (exact) mass is 495 g/mol. The molecule has 5 rings (SSSR count). The number of alkyl halides is 3. The molecule has 9 heteroatoms.